The summed E-state index contributed by atoms with van der Waals surface area (Å²) >= 11 is 6.71. The Morgan fingerprint density at radius 1 is 0.938 bits per heavy atom. The summed E-state index contributed by atoms with van der Waals surface area (Å²) in [4.78, 5) is 25.8. The van der Waals surface area contributed by atoms with Crippen LogP contribution in [0.5, 0.6) is 11.5 Å². The number of carbonyl (C=O) groups is 2. The van der Waals surface area contributed by atoms with Crippen LogP contribution in [0.4, 0.5) is 0 Å². The third-order valence-electron chi connectivity index (χ3n) is 4.92. The number of thioether (sulfide) groups is 1. The van der Waals surface area contributed by atoms with E-state index in [2.05, 4.69) is 0 Å². The molecule has 2 aromatic carbocycles. The normalized spacial score (nSPS) is 14.8. The molecule has 0 N–H and O–H groups in total. The predicted octanol–water partition coefficient (Wildman–Crippen LogP) is 4.87. The highest BCUT2D eigenvalue weighted by atomic mass is 32.2. The van der Waals surface area contributed by atoms with Crippen LogP contribution >= 0.6 is 24.0 Å². The Morgan fingerprint density at radius 3 is 2.12 bits per heavy atom. The van der Waals surface area contributed by atoms with E-state index in [-0.39, 0.29) is 5.91 Å². The monoisotopic (exact) mass is 464 g/mol. The minimum Gasteiger partial charge on any atom is -0.497 e. The number of methoxy groups -OCH3 is 1. The second kappa shape index (κ2) is 9.02. The smallest absolute Gasteiger partial charge is 0.343 e. The Hall–Kier alpha value is -3.36. The van der Waals surface area contributed by atoms with E-state index in [1.54, 1.807) is 61.7 Å². The summed E-state index contributed by atoms with van der Waals surface area (Å²) in [5, 5.41) is 1.52. The van der Waals surface area contributed by atoms with Crippen molar-refractivity contribution in [2.45, 2.75) is 13.8 Å². The van der Waals surface area contributed by atoms with Crippen molar-refractivity contribution >= 4 is 46.3 Å². The molecular formula is C24H20N2O4S2. The number of aromatic nitrogens is 1. The predicted molar refractivity (Wildman–Crippen MR) is 130 cm³/mol. The van der Waals surface area contributed by atoms with Gasteiger partial charge in [-0.3, -0.25) is 9.47 Å². The fourth-order valence-corrected chi connectivity index (χ4v) is 4.53. The van der Waals surface area contributed by atoms with Gasteiger partial charge in [0.1, 0.15) is 11.5 Å². The Balaban J connectivity index is 1.48. The Bertz CT molecular complexity index is 1210. The first-order valence-electron chi connectivity index (χ1n) is 9.77. The molecule has 0 unspecified atom stereocenters. The molecule has 6 nitrogen and oxygen atoms in total. The summed E-state index contributed by atoms with van der Waals surface area (Å²) in [6.45, 7) is 3.86. The van der Waals surface area contributed by atoms with Gasteiger partial charge in [0.15, 0.2) is 4.32 Å². The standard InChI is InChI=1S/C24H20N2O4S2/c1-15-4-5-16(2)25(15)26-22(27)21(32-24(26)31)14-17-6-10-20(11-7-17)30-23(28)18-8-12-19(29-3)13-9-18/h4-14H,1-3H3/b21-14+. The van der Waals surface area contributed by atoms with E-state index < -0.39 is 5.97 Å². The van der Waals surface area contributed by atoms with Crippen molar-refractivity contribution in [3.63, 3.8) is 0 Å². The average Bonchev–Trinajstić information content (AvgIpc) is 3.26. The Labute approximate surface area is 195 Å². The SMILES string of the molecule is COc1ccc(C(=O)Oc2ccc(/C=C3/SC(=S)N(n4c(C)ccc4C)C3=O)cc2)cc1. The molecule has 8 heteroatoms. The number of esters is 1. The maximum absolute atomic E-state index is 13.0. The molecule has 3 aromatic rings. The first-order chi connectivity index (χ1) is 15.4. The highest BCUT2D eigenvalue weighted by Crippen LogP contribution is 2.33. The molecule has 0 bridgehead atoms. The zero-order chi connectivity index (χ0) is 22.8. The number of ether oxygens (including phenoxy) is 2. The zero-order valence-electron chi connectivity index (χ0n) is 17.7. The van der Waals surface area contributed by atoms with Crippen molar-refractivity contribution in [1.82, 2.24) is 4.68 Å². The van der Waals surface area contributed by atoms with E-state index in [9.17, 15) is 9.59 Å². The van der Waals surface area contributed by atoms with E-state index in [1.165, 1.54) is 16.8 Å². The minimum atomic E-state index is -0.460. The molecule has 1 aromatic heterocycles. The van der Waals surface area contributed by atoms with Gasteiger partial charge in [-0.15, -0.1) is 0 Å². The maximum Gasteiger partial charge on any atom is 0.343 e. The zero-order valence-corrected chi connectivity index (χ0v) is 19.3. The molecule has 4 rings (SSSR count). The molecule has 0 atom stereocenters. The summed E-state index contributed by atoms with van der Waals surface area (Å²) in [6.07, 6.45) is 1.78. The van der Waals surface area contributed by atoms with E-state index in [4.69, 9.17) is 21.7 Å². The van der Waals surface area contributed by atoms with Crippen LogP contribution in [0.25, 0.3) is 6.08 Å². The van der Waals surface area contributed by atoms with Gasteiger partial charge in [-0.25, -0.2) is 4.79 Å². The number of aryl methyl sites for hydroxylation is 2. The van der Waals surface area contributed by atoms with E-state index in [0.29, 0.717) is 26.3 Å². The molecule has 1 aliphatic rings. The number of hydrogen-bond donors (Lipinski definition) is 0. The number of rotatable bonds is 5. The Kier molecular flexibility index (Phi) is 6.16. The van der Waals surface area contributed by atoms with Crippen LogP contribution < -0.4 is 14.5 Å². The quantitative estimate of drug-likeness (QED) is 0.232. The molecule has 0 saturated carbocycles. The lowest BCUT2D eigenvalue weighted by atomic mass is 10.2. The molecule has 0 aliphatic carbocycles. The molecule has 2 heterocycles. The van der Waals surface area contributed by atoms with Gasteiger partial charge in [-0.2, -0.15) is 5.01 Å². The van der Waals surface area contributed by atoms with Gasteiger partial charge >= 0.3 is 5.97 Å². The van der Waals surface area contributed by atoms with Gasteiger partial charge < -0.3 is 9.47 Å². The van der Waals surface area contributed by atoms with E-state index >= 15 is 0 Å². The van der Waals surface area contributed by atoms with Crippen molar-refractivity contribution in [2.24, 2.45) is 0 Å². The second-order valence-electron chi connectivity index (χ2n) is 7.11. The molecule has 1 aliphatic heterocycles. The summed E-state index contributed by atoms with van der Waals surface area (Å²) in [5.74, 6) is 0.448. The van der Waals surface area contributed by atoms with Crippen molar-refractivity contribution in [1.29, 1.82) is 0 Å². The summed E-state index contributed by atoms with van der Waals surface area (Å²) < 4.78 is 12.8. The lowest BCUT2D eigenvalue weighted by molar-refractivity contribution is -0.114. The van der Waals surface area contributed by atoms with Gasteiger partial charge in [0.05, 0.1) is 17.6 Å². The fraction of sp³-hybridized carbons (Fsp3) is 0.125. The van der Waals surface area contributed by atoms with Crippen LogP contribution in [0, 0.1) is 13.8 Å². The molecule has 1 amide bonds. The van der Waals surface area contributed by atoms with Gasteiger partial charge in [-0.1, -0.05) is 23.9 Å². The molecule has 0 radical (unpaired) electrons. The van der Waals surface area contributed by atoms with E-state index in [1.807, 2.05) is 30.7 Å². The van der Waals surface area contributed by atoms with Gasteiger partial charge in [0, 0.05) is 11.4 Å². The van der Waals surface area contributed by atoms with Crippen LogP contribution in [0.1, 0.15) is 27.3 Å². The summed E-state index contributed by atoms with van der Waals surface area (Å²) in [7, 11) is 1.56. The fourth-order valence-electron chi connectivity index (χ4n) is 3.28. The third kappa shape index (κ3) is 4.32. The number of thiocarbonyl (C=S) groups is 1. The molecular weight excluding hydrogens is 444 g/mol. The van der Waals surface area contributed by atoms with E-state index in [0.717, 1.165) is 17.0 Å². The number of nitrogens with zero attached hydrogens (tertiary/aromatic N) is 2. The van der Waals surface area contributed by atoms with Crippen molar-refractivity contribution < 1.29 is 19.1 Å². The van der Waals surface area contributed by atoms with Gasteiger partial charge in [-0.05, 0) is 86.2 Å². The van der Waals surface area contributed by atoms with Crippen molar-refractivity contribution in [2.75, 3.05) is 12.1 Å². The largest absolute Gasteiger partial charge is 0.497 e. The lowest BCUT2D eigenvalue weighted by Gasteiger charge is -2.20. The van der Waals surface area contributed by atoms with Crippen LogP contribution in [-0.2, 0) is 4.79 Å². The number of benzene rings is 2. The van der Waals surface area contributed by atoms with Gasteiger partial charge in [0.2, 0.25) is 0 Å². The number of hydrogen-bond acceptors (Lipinski definition) is 6. The molecule has 162 valence electrons. The topological polar surface area (TPSA) is 60.8 Å². The first kappa shape index (κ1) is 21.9. The highest BCUT2D eigenvalue weighted by Gasteiger charge is 2.34. The van der Waals surface area contributed by atoms with Crippen molar-refractivity contribution in [3.8, 4) is 11.5 Å². The number of amides is 1. The van der Waals surface area contributed by atoms with Gasteiger partial charge in [0.25, 0.3) is 5.91 Å². The Morgan fingerprint density at radius 2 is 1.53 bits per heavy atom. The lowest BCUT2D eigenvalue weighted by Crippen LogP contribution is -2.39. The van der Waals surface area contributed by atoms with Crippen LogP contribution in [-0.4, -0.2) is 28.0 Å². The van der Waals surface area contributed by atoms with Crippen molar-refractivity contribution in [3.05, 3.63) is 88.1 Å². The van der Waals surface area contributed by atoms with Crippen LogP contribution in [0.2, 0.25) is 0 Å². The number of carbonyl (C=O) groups excluding carboxylic acids is 2. The van der Waals surface area contributed by atoms with Crippen LogP contribution in [0.15, 0.2) is 65.6 Å². The average molecular weight is 465 g/mol. The molecule has 1 fully saturated rings. The molecule has 1 saturated heterocycles. The van der Waals surface area contributed by atoms with Crippen LogP contribution in [0.3, 0.4) is 0 Å². The molecule has 32 heavy (non-hydrogen) atoms. The highest BCUT2D eigenvalue weighted by molar-refractivity contribution is 8.27. The first-order valence-corrected chi connectivity index (χ1v) is 11.0. The molecule has 0 spiro atoms. The summed E-state index contributed by atoms with van der Waals surface area (Å²) in [5.41, 5.74) is 3.09. The summed E-state index contributed by atoms with van der Waals surface area (Å²) in [6, 6.07) is 17.5. The third-order valence-corrected chi connectivity index (χ3v) is 6.20. The maximum atomic E-state index is 13.0. The minimum absolute atomic E-state index is 0.169. The second-order valence-corrected chi connectivity index (χ2v) is 8.78.